The molecule has 0 heterocycles. The molecule has 0 spiro atoms. The van der Waals surface area contributed by atoms with Gasteiger partial charge >= 0.3 is 0 Å². The highest BCUT2D eigenvalue weighted by Gasteiger charge is 1.98. The molecule has 0 aromatic carbocycles. The number of nitrogens with zero attached hydrogens (tertiary/aromatic N) is 1. The van der Waals surface area contributed by atoms with Crippen LogP contribution in [-0.4, -0.2) is 31.6 Å². The number of amides is 1. The lowest BCUT2D eigenvalue weighted by Gasteiger charge is -2.17. The first kappa shape index (κ1) is 7.43. The molecule has 1 unspecified atom stereocenters. The molecule has 0 aliphatic rings. The lowest BCUT2D eigenvalue weighted by atomic mass is 10.5. The Kier molecular flexibility index (Phi) is 3.19. The van der Waals surface area contributed by atoms with Gasteiger partial charge in [0.25, 0.3) is 0 Å². The Balaban J connectivity index is 3.30. The van der Waals surface area contributed by atoms with Gasteiger partial charge in [0.15, 0.2) is 0 Å². The zero-order valence-electron chi connectivity index (χ0n) is 5.51. The van der Waals surface area contributed by atoms with Gasteiger partial charge < -0.3 is 5.32 Å². The second-order valence-electron chi connectivity index (χ2n) is 1.92. The van der Waals surface area contributed by atoms with Crippen LogP contribution in [0.1, 0.15) is 6.92 Å². The molecule has 3 nitrogen and oxygen atoms in total. The molecular weight excluding hydrogens is 104 g/mol. The van der Waals surface area contributed by atoms with Crippen LogP contribution in [0.15, 0.2) is 0 Å². The van der Waals surface area contributed by atoms with E-state index in [9.17, 15) is 4.79 Å². The maximum absolute atomic E-state index is 9.78. The van der Waals surface area contributed by atoms with Crippen LogP contribution in [0.4, 0.5) is 0 Å². The predicted octanol–water partition coefficient (Wildman–Crippen LogP) is -0.360. The molecule has 1 N–H and O–H groups in total. The van der Waals surface area contributed by atoms with Gasteiger partial charge in [-0.15, -0.1) is 0 Å². The lowest BCUT2D eigenvalue weighted by molar-refractivity contribution is -0.110. The molecule has 1 amide bonds. The Labute approximate surface area is 49.7 Å². The zero-order chi connectivity index (χ0) is 6.57. The smallest absolute Gasteiger partial charge is 0.208 e. The zero-order valence-corrected chi connectivity index (χ0v) is 5.51. The van der Waals surface area contributed by atoms with Crippen LogP contribution < -0.4 is 5.32 Å². The largest absolute Gasteiger partial charge is 0.343 e. The maximum Gasteiger partial charge on any atom is 0.208 e. The molecule has 1 atom stereocenters. The maximum atomic E-state index is 9.78. The highest BCUT2D eigenvalue weighted by Crippen LogP contribution is 1.80. The molecule has 8 heavy (non-hydrogen) atoms. The van der Waals surface area contributed by atoms with Crippen molar-refractivity contribution in [2.45, 2.75) is 13.1 Å². The van der Waals surface area contributed by atoms with Gasteiger partial charge in [-0.05, 0) is 21.0 Å². The SMILES string of the molecule is CC(NC=O)N(C)C. The number of hydrogen-bond acceptors (Lipinski definition) is 2. The van der Waals surface area contributed by atoms with Gasteiger partial charge in [0, 0.05) is 0 Å². The highest BCUT2D eigenvalue weighted by molar-refractivity contribution is 5.46. The van der Waals surface area contributed by atoms with Crippen molar-refractivity contribution >= 4 is 6.41 Å². The molecule has 0 bridgehead atoms. The van der Waals surface area contributed by atoms with Crippen molar-refractivity contribution in [1.82, 2.24) is 10.2 Å². The second-order valence-corrected chi connectivity index (χ2v) is 1.92. The average Bonchev–Trinajstić information content (AvgIpc) is 1.67. The summed E-state index contributed by atoms with van der Waals surface area (Å²) >= 11 is 0. The fraction of sp³-hybridized carbons (Fsp3) is 0.800. The van der Waals surface area contributed by atoms with E-state index in [-0.39, 0.29) is 6.17 Å². The topological polar surface area (TPSA) is 32.3 Å². The summed E-state index contributed by atoms with van der Waals surface area (Å²) in [6.45, 7) is 1.91. The molecule has 48 valence electrons. The normalized spacial score (nSPS) is 13.5. The lowest BCUT2D eigenvalue weighted by Crippen LogP contribution is -2.37. The van der Waals surface area contributed by atoms with Crippen LogP contribution in [0.5, 0.6) is 0 Å². The van der Waals surface area contributed by atoms with E-state index >= 15 is 0 Å². The first-order valence-electron chi connectivity index (χ1n) is 2.54. The third kappa shape index (κ3) is 2.58. The Bertz CT molecular complexity index is 72.8. The third-order valence-corrected chi connectivity index (χ3v) is 1.08. The first-order chi connectivity index (χ1) is 3.68. The molecule has 0 aromatic heterocycles. The fourth-order valence-corrected chi connectivity index (χ4v) is 0.248. The molecule has 0 saturated heterocycles. The van der Waals surface area contributed by atoms with Crippen LogP contribution in [-0.2, 0) is 4.79 Å². The van der Waals surface area contributed by atoms with Crippen molar-refractivity contribution in [1.29, 1.82) is 0 Å². The van der Waals surface area contributed by atoms with Crippen molar-refractivity contribution < 1.29 is 4.79 Å². The van der Waals surface area contributed by atoms with Crippen LogP contribution in [0.2, 0.25) is 0 Å². The van der Waals surface area contributed by atoms with Crippen molar-refractivity contribution in [2.75, 3.05) is 14.1 Å². The highest BCUT2D eigenvalue weighted by atomic mass is 16.1. The summed E-state index contributed by atoms with van der Waals surface area (Å²) in [5.74, 6) is 0. The first-order valence-corrected chi connectivity index (χ1v) is 2.54. The predicted molar refractivity (Wildman–Crippen MR) is 32.3 cm³/mol. The summed E-state index contributed by atoms with van der Waals surface area (Å²) in [5.41, 5.74) is 0. The molecular formula is C5H12N2O. The van der Waals surface area contributed by atoms with Crippen LogP contribution in [0.25, 0.3) is 0 Å². The molecule has 0 fully saturated rings. The molecule has 0 aliphatic carbocycles. The van der Waals surface area contributed by atoms with Crippen LogP contribution >= 0.6 is 0 Å². The van der Waals surface area contributed by atoms with Crippen molar-refractivity contribution in [3.8, 4) is 0 Å². The van der Waals surface area contributed by atoms with Gasteiger partial charge in [-0.25, -0.2) is 0 Å². The standard InChI is InChI=1S/C5H12N2O/c1-5(6-4-8)7(2)3/h4-5H,1-3H3,(H,6,8). The van der Waals surface area contributed by atoms with Crippen molar-refractivity contribution in [3.05, 3.63) is 0 Å². The summed E-state index contributed by atoms with van der Waals surface area (Å²) < 4.78 is 0. The molecule has 0 radical (unpaired) electrons. The Morgan fingerprint density at radius 2 is 2.12 bits per heavy atom. The minimum absolute atomic E-state index is 0.132. The molecule has 0 aliphatic heterocycles. The quantitative estimate of drug-likeness (QED) is 0.403. The van der Waals surface area contributed by atoms with Crippen molar-refractivity contribution in [3.63, 3.8) is 0 Å². The van der Waals surface area contributed by atoms with Crippen LogP contribution in [0.3, 0.4) is 0 Å². The third-order valence-electron chi connectivity index (χ3n) is 1.08. The summed E-state index contributed by atoms with van der Waals surface area (Å²) in [7, 11) is 3.81. The monoisotopic (exact) mass is 116 g/mol. The second kappa shape index (κ2) is 3.43. The Morgan fingerprint density at radius 1 is 1.62 bits per heavy atom. The van der Waals surface area contributed by atoms with Gasteiger partial charge in [-0.2, -0.15) is 0 Å². The van der Waals surface area contributed by atoms with Crippen LogP contribution in [0, 0.1) is 0 Å². The van der Waals surface area contributed by atoms with Gasteiger partial charge in [0.1, 0.15) is 0 Å². The van der Waals surface area contributed by atoms with E-state index in [4.69, 9.17) is 0 Å². The molecule has 0 saturated carbocycles. The van der Waals surface area contributed by atoms with E-state index in [0.717, 1.165) is 0 Å². The van der Waals surface area contributed by atoms with E-state index in [2.05, 4.69) is 5.32 Å². The Hall–Kier alpha value is -0.570. The number of nitrogens with one attached hydrogen (secondary N) is 1. The van der Waals surface area contributed by atoms with Gasteiger partial charge in [0.05, 0.1) is 6.17 Å². The summed E-state index contributed by atoms with van der Waals surface area (Å²) in [6, 6.07) is 0. The van der Waals surface area contributed by atoms with E-state index in [1.54, 1.807) is 0 Å². The van der Waals surface area contributed by atoms with Gasteiger partial charge in [-0.3, -0.25) is 9.69 Å². The van der Waals surface area contributed by atoms with Crippen molar-refractivity contribution in [2.24, 2.45) is 0 Å². The minimum Gasteiger partial charge on any atom is -0.343 e. The fourth-order valence-electron chi connectivity index (χ4n) is 0.248. The van der Waals surface area contributed by atoms with Gasteiger partial charge in [-0.1, -0.05) is 0 Å². The summed E-state index contributed by atoms with van der Waals surface area (Å²) in [4.78, 5) is 11.7. The minimum atomic E-state index is 0.132. The number of carbonyl (C=O) groups is 1. The molecule has 0 rings (SSSR count). The van der Waals surface area contributed by atoms with E-state index in [1.807, 2.05) is 25.9 Å². The number of carbonyl (C=O) groups excluding carboxylic acids is 1. The summed E-state index contributed by atoms with van der Waals surface area (Å²) in [5, 5.41) is 2.59. The average molecular weight is 116 g/mol. The molecule has 3 heteroatoms. The van der Waals surface area contributed by atoms with E-state index < -0.39 is 0 Å². The number of rotatable bonds is 3. The Morgan fingerprint density at radius 3 is 2.25 bits per heavy atom. The summed E-state index contributed by atoms with van der Waals surface area (Å²) in [6.07, 6.45) is 0.831. The van der Waals surface area contributed by atoms with E-state index in [0.29, 0.717) is 6.41 Å². The molecule has 0 aromatic rings. The number of hydrogen-bond donors (Lipinski definition) is 1. The van der Waals surface area contributed by atoms with Gasteiger partial charge in [0.2, 0.25) is 6.41 Å². The van der Waals surface area contributed by atoms with E-state index in [1.165, 1.54) is 0 Å².